The van der Waals surface area contributed by atoms with Crippen LogP contribution in [0.3, 0.4) is 0 Å². The molecule has 7 heteroatoms. The Labute approximate surface area is 180 Å². The highest BCUT2D eigenvalue weighted by Gasteiger charge is 2.36. The summed E-state index contributed by atoms with van der Waals surface area (Å²) in [4.78, 5) is 41.0. The first-order valence-electron chi connectivity index (χ1n) is 10.0. The van der Waals surface area contributed by atoms with Crippen molar-refractivity contribution in [2.24, 2.45) is 0 Å². The smallest absolute Gasteiger partial charge is 0.335 e. The standard InChI is InChI=1S/C23H22ClN3O3/c1-2-3-11-26-12-10-16-13-15(4-9-20(16)26)14-19-21(28)25-23(30)27(22(19)29)18-7-5-17(24)6-8-18/h4-9,13-14H,2-3,10-12H2,1H3,(H,25,28,30). The van der Waals surface area contributed by atoms with E-state index in [-0.39, 0.29) is 5.57 Å². The lowest BCUT2D eigenvalue weighted by Crippen LogP contribution is -2.54. The van der Waals surface area contributed by atoms with Crippen molar-refractivity contribution in [2.75, 3.05) is 22.9 Å². The van der Waals surface area contributed by atoms with Crippen LogP contribution in [-0.2, 0) is 16.0 Å². The molecule has 0 spiro atoms. The summed E-state index contributed by atoms with van der Waals surface area (Å²) in [5.41, 5.74) is 3.44. The molecule has 1 fully saturated rings. The predicted octanol–water partition coefficient (Wildman–Crippen LogP) is 4.17. The van der Waals surface area contributed by atoms with Gasteiger partial charge in [-0.3, -0.25) is 14.9 Å². The number of hydrogen-bond donors (Lipinski definition) is 1. The van der Waals surface area contributed by atoms with Gasteiger partial charge in [0.1, 0.15) is 5.57 Å². The summed E-state index contributed by atoms with van der Waals surface area (Å²) in [5.74, 6) is -1.35. The van der Waals surface area contributed by atoms with E-state index in [2.05, 4.69) is 17.1 Å². The lowest BCUT2D eigenvalue weighted by Gasteiger charge is -2.26. The number of fused-ring (bicyclic) bond motifs is 1. The predicted molar refractivity (Wildman–Crippen MR) is 118 cm³/mol. The zero-order valence-corrected chi connectivity index (χ0v) is 17.4. The highest BCUT2D eigenvalue weighted by atomic mass is 35.5. The highest BCUT2D eigenvalue weighted by Crippen LogP contribution is 2.30. The third kappa shape index (κ3) is 3.83. The van der Waals surface area contributed by atoms with Crippen molar-refractivity contribution in [3.8, 4) is 0 Å². The third-order valence-electron chi connectivity index (χ3n) is 5.37. The van der Waals surface area contributed by atoms with Gasteiger partial charge in [0.2, 0.25) is 0 Å². The molecule has 0 bridgehead atoms. The molecule has 2 aliphatic heterocycles. The Balaban J connectivity index is 1.62. The Morgan fingerprint density at radius 1 is 1.10 bits per heavy atom. The van der Waals surface area contributed by atoms with Crippen LogP contribution in [0.4, 0.5) is 16.2 Å². The van der Waals surface area contributed by atoms with Gasteiger partial charge in [-0.15, -0.1) is 0 Å². The SMILES string of the molecule is CCCCN1CCc2cc(C=C3C(=O)NC(=O)N(c4ccc(Cl)cc4)C3=O)ccc21. The molecule has 154 valence electrons. The van der Waals surface area contributed by atoms with Gasteiger partial charge in [-0.05, 0) is 66.4 Å². The van der Waals surface area contributed by atoms with Crippen LogP contribution in [0.1, 0.15) is 30.9 Å². The Kier molecular flexibility index (Phi) is 5.59. The maximum absolute atomic E-state index is 13.0. The minimum Gasteiger partial charge on any atom is -0.371 e. The molecule has 2 aromatic rings. The number of halogens is 1. The number of carbonyl (C=O) groups excluding carboxylic acids is 3. The molecular weight excluding hydrogens is 402 g/mol. The second kappa shape index (κ2) is 8.32. The Morgan fingerprint density at radius 2 is 1.87 bits per heavy atom. The van der Waals surface area contributed by atoms with Gasteiger partial charge in [0.25, 0.3) is 11.8 Å². The monoisotopic (exact) mass is 423 g/mol. The van der Waals surface area contributed by atoms with Gasteiger partial charge in [-0.1, -0.05) is 31.0 Å². The van der Waals surface area contributed by atoms with Gasteiger partial charge in [-0.2, -0.15) is 0 Å². The topological polar surface area (TPSA) is 69.7 Å². The lowest BCUT2D eigenvalue weighted by atomic mass is 10.0. The number of barbiturate groups is 1. The van der Waals surface area contributed by atoms with E-state index in [9.17, 15) is 14.4 Å². The molecule has 30 heavy (non-hydrogen) atoms. The number of nitrogens with one attached hydrogen (secondary N) is 1. The molecule has 0 aromatic heterocycles. The second-order valence-corrected chi connectivity index (χ2v) is 7.85. The van der Waals surface area contributed by atoms with E-state index in [0.29, 0.717) is 10.7 Å². The number of urea groups is 1. The number of hydrogen-bond acceptors (Lipinski definition) is 4. The Hall–Kier alpha value is -3.12. The molecule has 0 atom stereocenters. The molecule has 2 aliphatic rings. The molecule has 2 heterocycles. The van der Waals surface area contributed by atoms with E-state index < -0.39 is 17.8 Å². The molecule has 1 saturated heterocycles. The van der Waals surface area contributed by atoms with Gasteiger partial charge in [0.15, 0.2) is 0 Å². The van der Waals surface area contributed by atoms with Crippen LogP contribution in [0, 0.1) is 0 Å². The average Bonchev–Trinajstić information content (AvgIpc) is 3.13. The zero-order valence-electron chi connectivity index (χ0n) is 16.7. The molecule has 0 radical (unpaired) electrons. The first kappa shape index (κ1) is 20.2. The minimum atomic E-state index is -0.773. The van der Waals surface area contributed by atoms with Gasteiger partial charge < -0.3 is 4.90 Å². The van der Waals surface area contributed by atoms with Crippen molar-refractivity contribution in [3.05, 3.63) is 64.2 Å². The summed E-state index contributed by atoms with van der Waals surface area (Å²) in [6.07, 6.45) is 4.78. The molecule has 4 amide bonds. The fraction of sp³-hybridized carbons (Fsp3) is 0.261. The zero-order chi connectivity index (χ0) is 21.3. The number of carbonyl (C=O) groups is 3. The van der Waals surface area contributed by atoms with Crippen LogP contribution in [0.25, 0.3) is 6.08 Å². The maximum Gasteiger partial charge on any atom is 0.335 e. The van der Waals surface area contributed by atoms with Crippen molar-refractivity contribution in [1.82, 2.24) is 5.32 Å². The third-order valence-corrected chi connectivity index (χ3v) is 5.63. The number of amides is 4. The van der Waals surface area contributed by atoms with Crippen molar-refractivity contribution in [1.29, 1.82) is 0 Å². The van der Waals surface area contributed by atoms with Crippen molar-refractivity contribution in [2.45, 2.75) is 26.2 Å². The molecule has 0 aliphatic carbocycles. The first-order chi connectivity index (χ1) is 14.5. The quantitative estimate of drug-likeness (QED) is 0.578. The van der Waals surface area contributed by atoms with Crippen molar-refractivity contribution < 1.29 is 14.4 Å². The molecule has 1 N–H and O–H groups in total. The van der Waals surface area contributed by atoms with Crippen LogP contribution in [0.2, 0.25) is 5.02 Å². The molecule has 0 saturated carbocycles. The first-order valence-corrected chi connectivity index (χ1v) is 10.4. The van der Waals surface area contributed by atoms with Crippen LogP contribution < -0.4 is 15.1 Å². The van der Waals surface area contributed by atoms with Crippen LogP contribution in [0.15, 0.2) is 48.0 Å². The normalized spacial score (nSPS) is 17.5. The molecule has 0 unspecified atom stereocenters. The van der Waals surface area contributed by atoms with E-state index in [1.807, 2.05) is 18.2 Å². The molecule has 4 rings (SSSR count). The highest BCUT2D eigenvalue weighted by molar-refractivity contribution is 6.39. The second-order valence-electron chi connectivity index (χ2n) is 7.41. The molecule has 6 nitrogen and oxygen atoms in total. The summed E-state index contributed by atoms with van der Waals surface area (Å²) < 4.78 is 0. The summed E-state index contributed by atoms with van der Waals surface area (Å²) in [6.45, 7) is 4.19. The van der Waals surface area contributed by atoms with E-state index in [4.69, 9.17) is 11.6 Å². The summed E-state index contributed by atoms with van der Waals surface area (Å²) in [6, 6.07) is 11.5. The molecular formula is C23H22ClN3O3. The largest absolute Gasteiger partial charge is 0.371 e. The summed E-state index contributed by atoms with van der Waals surface area (Å²) in [5, 5.41) is 2.73. The van der Waals surface area contributed by atoms with Gasteiger partial charge in [0, 0.05) is 23.8 Å². The fourth-order valence-corrected chi connectivity index (χ4v) is 3.94. The minimum absolute atomic E-state index is 0.0784. The van der Waals surface area contributed by atoms with Crippen LogP contribution in [-0.4, -0.2) is 30.9 Å². The van der Waals surface area contributed by atoms with E-state index in [1.165, 1.54) is 11.3 Å². The average molecular weight is 424 g/mol. The van der Waals surface area contributed by atoms with E-state index in [1.54, 1.807) is 30.3 Å². The van der Waals surface area contributed by atoms with E-state index in [0.717, 1.165) is 42.8 Å². The number of rotatable bonds is 5. The van der Waals surface area contributed by atoms with Crippen LogP contribution in [0.5, 0.6) is 0 Å². The number of nitrogens with zero attached hydrogens (tertiary/aromatic N) is 2. The van der Waals surface area contributed by atoms with Gasteiger partial charge >= 0.3 is 6.03 Å². The van der Waals surface area contributed by atoms with E-state index >= 15 is 0 Å². The van der Waals surface area contributed by atoms with Crippen molar-refractivity contribution >= 4 is 46.9 Å². The fourth-order valence-electron chi connectivity index (χ4n) is 3.81. The maximum atomic E-state index is 13.0. The number of benzene rings is 2. The summed E-state index contributed by atoms with van der Waals surface area (Å²) in [7, 11) is 0. The number of imide groups is 2. The van der Waals surface area contributed by atoms with Crippen LogP contribution >= 0.6 is 11.6 Å². The van der Waals surface area contributed by atoms with Gasteiger partial charge in [-0.25, -0.2) is 9.69 Å². The van der Waals surface area contributed by atoms with Gasteiger partial charge in [0.05, 0.1) is 5.69 Å². The van der Waals surface area contributed by atoms with Crippen molar-refractivity contribution in [3.63, 3.8) is 0 Å². The lowest BCUT2D eigenvalue weighted by molar-refractivity contribution is -0.122. The number of unbranched alkanes of at least 4 members (excludes halogenated alkanes) is 1. The number of anilines is 2. The molecule has 2 aromatic carbocycles. The summed E-state index contributed by atoms with van der Waals surface area (Å²) >= 11 is 5.89. The Bertz CT molecular complexity index is 1050. The Morgan fingerprint density at radius 3 is 2.60 bits per heavy atom.